The second-order valence-corrected chi connectivity index (χ2v) is 6.63. The number of hydrogen-bond acceptors (Lipinski definition) is 4. The third kappa shape index (κ3) is 6.09. The zero-order valence-electron chi connectivity index (χ0n) is 12.5. The van der Waals surface area contributed by atoms with Crippen LogP contribution in [0.5, 0.6) is 0 Å². The van der Waals surface area contributed by atoms with Crippen LogP contribution in [0.25, 0.3) is 0 Å². The first kappa shape index (κ1) is 19.3. The van der Waals surface area contributed by atoms with Crippen molar-refractivity contribution in [2.45, 2.75) is 10.7 Å². The number of benzene rings is 2. The Morgan fingerprint density at radius 1 is 1.16 bits per heavy atom. The van der Waals surface area contributed by atoms with Gasteiger partial charge in [-0.05, 0) is 42.5 Å². The highest BCUT2D eigenvalue weighted by Gasteiger charge is 2.15. The fourth-order valence-corrected chi connectivity index (χ4v) is 2.61. The van der Waals surface area contributed by atoms with Crippen molar-refractivity contribution in [1.82, 2.24) is 0 Å². The Hall–Kier alpha value is -2.00. The fourth-order valence-electron chi connectivity index (χ4n) is 1.78. The number of ether oxygens (including phenoxy) is 1. The molecule has 9 heteroatoms. The van der Waals surface area contributed by atoms with Crippen molar-refractivity contribution in [3.05, 3.63) is 58.3 Å². The molecule has 0 spiro atoms. The van der Waals surface area contributed by atoms with Gasteiger partial charge in [-0.1, -0.05) is 27.7 Å². The van der Waals surface area contributed by atoms with Gasteiger partial charge in [0, 0.05) is 15.1 Å². The Bertz CT molecular complexity index is 772. The third-order valence-corrected chi connectivity index (χ3v) is 4.06. The molecule has 25 heavy (non-hydrogen) atoms. The molecule has 0 heterocycles. The first-order chi connectivity index (χ1) is 11.8. The molecule has 2 aromatic carbocycles. The highest BCUT2D eigenvalue weighted by atomic mass is 79.9. The first-order valence-electron chi connectivity index (χ1n) is 6.82. The number of nitrogens with one attached hydrogen (secondary N) is 1. The monoisotopic (exact) mass is 433 g/mol. The van der Waals surface area contributed by atoms with Crippen LogP contribution >= 0.6 is 27.7 Å². The van der Waals surface area contributed by atoms with Gasteiger partial charge in [0.2, 0.25) is 0 Å². The molecular formula is C16H11BrF3NO3S. The molecule has 0 fully saturated rings. The van der Waals surface area contributed by atoms with Crippen LogP contribution in [0, 0.1) is 5.82 Å². The van der Waals surface area contributed by atoms with Gasteiger partial charge in [0.05, 0.1) is 5.56 Å². The SMILES string of the molecule is O=C(COC(=O)c1ccc(Br)cc1F)Nc1ccc(SC(F)F)cc1. The number of thioether (sulfide) groups is 1. The molecule has 0 unspecified atom stereocenters. The highest BCUT2D eigenvalue weighted by Crippen LogP contribution is 2.26. The van der Waals surface area contributed by atoms with E-state index in [1.54, 1.807) is 0 Å². The van der Waals surface area contributed by atoms with Crippen LogP contribution in [0.1, 0.15) is 10.4 Å². The van der Waals surface area contributed by atoms with E-state index in [9.17, 15) is 22.8 Å². The number of alkyl halides is 2. The number of carbonyl (C=O) groups is 2. The molecule has 0 saturated carbocycles. The topological polar surface area (TPSA) is 55.4 Å². The van der Waals surface area contributed by atoms with Crippen LogP contribution in [-0.2, 0) is 9.53 Å². The summed E-state index contributed by atoms with van der Waals surface area (Å²) in [5.74, 6) is -4.91. The molecule has 0 aliphatic heterocycles. The standard InChI is InChI=1S/C16H11BrF3NO3S/c17-9-1-6-12(13(18)7-9)15(23)24-8-14(22)21-10-2-4-11(5-3-10)25-16(19)20/h1-7,16H,8H2,(H,21,22). The second-order valence-electron chi connectivity index (χ2n) is 4.65. The van der Waals surface area contributed by atoms with Crippen LogP contribution in [-0.4, -0.2) is 24.2 Å². The maximum absolute atomic E-state index is 13.6. The van der Waals surface area contributed by atoms with E-state index in [0.29, 0.717) is 26.8 Å². The molecule has 4 nitrogen and oxygen atoms in total. The van der Waals surface area contributed by atoms with Gasteiger partial charge in [0.15, 0.2) is 6.61 Å². The van der Waals surface area contributed by atoms with Crippen molar-refractivity contribution in [3.63, 3.8) is 0 Å². The lowest BCUT2D eigenvalue weighted by Gasteiger charge is -2.08. The van der Waals surface area contributed by atoms with Gasteiger partial charge in [-0.3, -0.25) is 4.79 Å². The maximum Gasteiger partial charge on any atom is 0.341 e. The summed E-state index contributed by atoms with van der Waals surface area (Å²) in [6.07, 6.45) is 0. The van der Waals surface area contributed by atoms with Gasteiger partial charge >= 0.3 is 5.97 Å². The molecule has 2 rings (SSSR count). The van der Waals surface area contributed by atoms with E-state index in [-0.39, 0.29) is 5.56 Å². The molecule has 0 saturated heterocycles. The first-order valence-corrected chi connectivity index (χ1v) is 8.49. The Kier molecular flexibility index (Phi) is 6.89. The molecular weight excluding hydrogens is 423 g/mol. The molecule has 1 N–H and O–H groups in total. The van der Waals surface area contributed by atoms with Crippen LogP contribution in [0.4, 0.5) is 18.9 Å². The van der Waals surface area contributed by atoms with Crippen molar-refractivity contribution in [1.29, 1.82) is 0 Å². The predicted molar refractivity (Wildman–Crippen MR) is 91.3 cm³/mol. The molecule has 1 amide bonds. The lowest BCUT2D eigenvalue weighted by molar-refractivity contribution is -0.119. The molecule has 0 aliphatic carbocycles. The van der Waals surface area contributed by atoms with Gasteiger partial charge in [-0.15, -0.1) is 0 Å². The molecule has 2 aromatic rings. The lowest BCUT2D eigenvalue weighted by Crippen LogP contribution is -2.21. The van der Waals surface area contributed by atoms with Gasteiger partial charge in [-0.2, -0.15) is 8.78 Å². The zero-order chi connectivity index (χ0) is 18.4. The number of halogens is 4. The highest BCUT2D eigenvalue weighted by molar-refractivity contribution is 9.10. The van der Waals surface area contributed by atoms with E-state index < -0.39 is 30.1 Å². The number of rotatable bonds is 6. The van der Waals surface area contributed by atoms with E-state index in [4.69, 9.17) is 4.74 Å². The second kappa shape index (κ2) is 8.91. The lowest BCUT2D eigenvalue weighted by atomic mass is 10.2. The summed E-state index contributed by atoms with van der Waals surface area (Å²) in [5.41, 5.74) is 0.0684. The number of esters is 1. The van der Waals surface area contributed by atoms with Crippen LogP contribution < -0.4 is 5.32 Å². The molecule has 0 atom stereocenters. The number of amides is 1. The minimum Gasteiger partial charge on any atom is -0.452 e. The Morgan fingerprint density at radius 3 is 2.44 bits per heavy atom. The molecule has 0 radical (unpaired) electrons. The Labute approximate surface area is 153 Å². The van der Waals surface area contributed by atoms with Gasteiger partial charge < -0.3 is 10.1 Å². The van der Waals surface area contributed by atoms with Crippen LogP contribution in [0.3, 0.4) is 0 Å². The van der Waals surface area contributed by atoms with Crippen LogP contribution in [0.15, 0.2) is 51.8 Å². The van der Waals surface area contributed by atoms with E-state index in [1.165, 1.54) is 36.4 Å². The minimum absolute atomic E-state index is 0.288. The van der Waals surface area contributed by atoms with E-state index in [2.05, 4.69) is 21.2 Å². The molecule has 0 aliphatic rings. The van der Waals surface area contributed by atoms with E-state index in [0.717, 1.165) is 6.07 Å². The fraction of sp³-hybridized carbons (Fsp3) is 0.125. The smallest absolute Gasteiger partial charge is 0.341 e. The van der Waals surface area contributed by atoms with Gasteiger partial charge in [0.25, 0.3) is 11.7 Å². The Balaban J connectivity index is 1.86. The van der Waals surface area contributed by atoms with Gasteiger partial charge in [-0.25, -0.2) is 9.18 Å². The van der Waals surface area contributed by atoms with Crippen molar-refractivity contribution in [2.75, 3.05) is 11.9 Å². The summed E-state index contributed by atoms with van der Waals surface area (Å²) in [4.78, 5) is 23.8. The van der Waals surface area contributed by atoms with Gasteiger partial charge in [0.1, 0.15) is 5.82 Å². The summed E-state index contributed by atoms with van der Waals surface area (Å²) in [6, 6.07) is 9.55. The average Bonchev–Trinajstić information content (AvgIpc) is 2.54. The van der Waals surface area contributed by atoms with Crippen molar-refractivity contribution < 1.29 is 27.5 Å². The largest absolute Gasteiger partial charge is 0.452 e. The minimum atomic E-state index is -2.53. The Morgan fingerprint density at radius 2 is 1.84 bits per heavy atom. The number of anilines is 1. The van der Waals surface area contributed by atoms with Crippen molar-refractivity contribution >= 4 is 45.3 Å². The van der Waals surface area contributed by atoms with Crippen molar-refractivity contribution in [3.8, 4) is 0 Å². The molecule has 0 bridgehead atoms. The van der Waals surface area contributed by atoms with E-state index >= 15 is 0 Å². The summed E-state index contributed by atoms with van der Waals surface area (Å²) < 4.78 is 43.3. The predicted octanol–water partition coefficient (Wildman–Crippen LogP) is 4.70. The maximum atomic E-state index is 13.6. The molecule has 132 valence electrons. The summed E-state index contributed by atoms with van der Waals surface area (Å²) in [6.45, 7) is -0.609. The van der Waals surface area contributed by atoms with E-state index in [1.807, 2.05) is 0 Å². The third-order valence-electron chi connectivity index (χ3n) is 2.85. The average molecular weight is 434 g/mol. The number of carbonyl (C=O) groups excluding carboxylic acids is 2. The molecule has 0 aromatic heterocycles. The summed E-state index contributed by atoms with van der Waals surface area (Å²) in [7, 11) is 0. The van der Waals surface area contributed by atoms with Crippen molar-refractivity contribution in [2.24, 2.45) is 0 Å². The normalized spacial score (nSPS) is 10.6. The zero-order valence-corrected chi connectivity index (χ0v) is 14.9. The number of hydrogen-bond donors (Lipinski definition) is 1. The van der Waals surface area contributed by atoms with Crippen LogP contribution in [0.2, 0.25) is 0 Å². The summed E-state index contributed by atoms with van der Waals surface area (Å²) in [5, 5.41) is 2.44. The summed E-state index contributed by atoms with van der Waals surface area (Å²) >= 11 is 3.45. The quantitative estimate of drug-likeness (QED) is 0.529.